The zero-order valence-corrected chi connectivity index (χ0v) is 18.6. The van der Waals surface area contributed by atoms with Crippen LogP contribution >= 0.6 is 11.6 Å². The summed E-state index contributed by atoms with van der Waals surface area (Å²) in [7, 11) is 3.43. The van der Waals surface area contributed by atoms with Crippen LogP contribution in [-0.4, -0.2) is 41.9 Å². The van der Waals surface area contributed by atoms with Crippen LogP contribution in [0.4, 0.5) is 11.6 Å². The number of aromatic nitrogens is 2. The lowest BCUT2D eigenvalue weighted by Gasteiger charge is -2.17. The zero-order valence-electron chi connectivity index (χ0n) is 17.8. The molecule has 3 rings (SSSR count). The second kappa shape index (κ2) is 11.1. The Bertz CT molecular complexity index is 1090. The lowest BCUT2D eigenvalue weighted by Crippen LogP contribution is -2.45. The molecule has 0 unspecified atom stereocenters. The zero-order chi connectivity index (χ0) is 22.9. The van der Waals surface area contributed by atoms with Crippen LogP contribution in [-0.2, 0) is 4.79 Å². The fourth-order valence-electron chi connectivity index (χ4n) is 3.02. The number of amides is 2. The van der Waals surface area contributed by atoms with E-state index in [1.54, 1.807) is 42.7 Å². The molecule has 8 heteroatoms. The van der Waals surface area contributed by atoms with E-state index in [1.165, 1.54) is 7.05 Å². The van der Waals surface area contributed by atoms with E-state index in [-0.39, 0.29) is 5.91 Å². The van der Waals surface area contributed by atoms with Crippen LogP contribution in [0.5, 0.6) is 0 Å². The van der Waals surface area contributed by atoms with Crippen molar-refractivity contribution in [2.45, 2.75) is 12.5 Å². The molecule has 0 saturated carbocycles. The van der Waals surface area contributed by atoms with Crippen molar-refractivity contribution in [3.05, 3.63) is 89.2 Å². The normalized spacial score (nSPS) is 11.7. The van der Waals surface area contributed by atoms with Crippen LogP contribution in [0.25, 0.3) is 6.08 Å². The van der Waals surface area contributed by atoms with Crippen molar-refractivity contribution < 1.29 is 9.59 Å². The van der Waals surface area contributed by atoms with Crippen molar-refractivity contribution in [1.82, 2.24) is 20.6 Å². The maximum Gasteiger partial charge on any atom is 0.253 e. The Morgan fingerprint density at radius 3 is 2.41 bits per heavy atom. The summed E-state index contributed by atoms with van der Waals surface area (Å²) in [6.45, 7) is 0. The summed E-state index contributed by atoms with van der Waals surface area (Å²) >= 11 is 6.09. The first-order valence-corrected chi connectivity index (χ1v) is 10.4. The van der Waals surface area contributed by atoms with Crippen molar-refractivity contribution in [1.29, 1.82) is 0 Å². The van der Waals surface area contributed by atoms with Gasteiger partial charge in [0.25, 0.3) is 5.91 Å². The van der Waals surface area contributed by atoms with Gasteiger partial charge in [0.15, 0.2) is 0 Å². The van der Waals surface area contributed by atoms with Gasteiger partial charge in [0.05, 0.1) is 10.6 Å². The molecule has 2 N–H and O–H groups in total. The fourth-order valence-corrected chi connectivity index (χ4v) is 3.24. The lowest BCUT2D eigenvalue weighted by atomic mass is 10.1. The summed E-state index contributed by atoms with van der Waals surface area (Å²) < 4.78 is 0. The number of nitrogens with one attached hydrogen (secondary N) is 2. The van der Waals surface area contributed by atoms with Crippen LogP contribution in [0.3, 0.4) is 0 Å². The quantitative estimate of drug-likeness (QED) is 0.545. The van der Waals surface area contributed by atoms with Gasteiger partial charge in [-0.15, -0.1) is 0 Å². The number of nitrogens with zero attached hydrogens (tertiary/aromatic N) is 3. The molecule has 0 spiro atoms. The highest BCUT2D eigenvalue weighted by molar-refractivity contribution is 6.33. The first kappa shape index (κ1) is 23.0. The lowest BCUT2D eigenvalue weighted by molar-refractivity contribution is -0.122. The van der Waals surface area contributed by atoms with Crippen molar-refractivity contribution in [3.63, 3.8) is 0 Å². The predicted molar refractivity (Wildman–Crippen MR) is 127 cm³/mol. The molecule has 1 atom stereocenters. The van der Waals surface area contributed by atoms with E-state index in [0.717, 1.165) is 11.3 Å². The average Bonchev–Trinajstić information content (AvgIpc) is 2.83. The van der Waals surface area contributed by atoms with E-state index >= 15 is 0 Å². The highest BCUT2D eigenvalue weighted by Crippen LogP contribution is 2.20. The number of rotatable bonds is 8. The number of carbonyl (C=O) groups is 2. The molecule has 2 amide bonds. The molecule has 0 bridgehead atoms. The SMILES string of the molecule is CNC(=O)[C@H](C/C=C/c1ccc(N(C)c2ncccn2)cc1)NC(=O)c1ccccc1Cl. The van der Waals surface area contributed by atoms with E-state index in [4.69, 9.17) is 11.6 Å². The van der Waals surface area contributed by atoms with Crippen molar-refractivity contribution in [2.24, 2.45) is 0 Å². The highest BCUT2D eigenvalue weighted by atomic mass is 35.5. The predicted octanol–water partition coefficient (Wildman–Crippen LogP) is 3.85. The molecule has 0 aliphatic rings. The van der Waals surface area contributed by atoms with Crippen LogP contribution in [0.1, 0.15) is 22.3 Å². The summed E-state index contributed by atoms with van der Waals surface area (Å²) in [6.07, 6.45) is 7.48. The van der Waals surface area contributed by atoms with Gasteiger partial charge in [-0.05, 0) is 42.3 Å². The van der Waals surface area contributed by atoms with Crippen molar-refractivity contribution in [3.8, 4) is 0 Å². The molecule has 0 aliphatic carbocycles. The largest absolute Gasteiger partial charge is 0.357 e. The van der Waals surface area contributed by atoms with Gasteiger partial charge in [-0.1, -0.05) is 48.0 Å². The molecule has 3 aromatic rings. The molecule has 1 heterocycles. The van der Waals surface area contributed by atoms with Gasteiger partial charge in [-0.3, -0.25) is 9.59 Å². The van der Waals surface area contributed by atoms with Gasteiger partial charge in [0.1, 0.15) is 6.04 Å². The minimum atomic E-state index is -0.722. The van der Waals surface area contributed by atoms with E-state index in [0.29, 0.717) is 23.0 Å². The van der Waals surface area contributed by atoms with Crippen LogP contribution < -0.4 is 15.5 Å². The molecule has 7 nitrogen and oxygen atoms in total. The number of hydrogen-bond acceptors (Lipinski definition) is 5. The van der Waals surface area contributed by atoms with Gasteiger partial charge in [-0.2, -0.15) is 0 Å². The highest BCUT2D eigenvalue weighted by Gasteiger charge is 2.20. The molecule has 1 aromatic heterocycles. The summed E-state index contributed by atoms with van der Waals surface area (Å²) in [6, 6.07) is 15.6. The Hall–Kier alpha value is -3.71. The molecule has 0 fully saturated rings. The monoisotopic (exact) mass is 449 g/mol. The third kappa shape index (κ3) is 5.92. The number of benzene rings is 2. The first-order valence-electron chi connectivity index (χ1n) is 10.0. The summed E-state index contributed by atoms with van der Waals surface area (Å²) in [4.78, 5) is 35.2. The summed E-state index contributed by atoms with van der Waals surface area (Å²) in [5, 5.41) is 5.66. The summed E-state index contributed by atoms with van der Waals surface area (Å²) in [5.41, 5.74) is 2.24. The van der Waals surface area contributed by atoms with Gasteiger partial charge in [0, 0.05) is 32.2 Å². The minimum Gasteiger partial charge on any atom is -0.357 e. The van der Waals surface area contributed by atoms with Crippen molar-refractivity contribution >= 4 is 41.1 Å². The molecular weight excluding hydrogens is 426 g/mol. The van der Waals surface area contributed by atoms with Crippen LogP contribution in [0.2, 0.25) is 5.02 Å². The number of carbonyl (C=O) groups excluding carboxylic acids is 2. The average molecular weight is 450 g/mol. The van der Waals surface area contributed by atoms with E-state index in [9.17, 15) is 9.59 Å². The minimum absolute atomic E-state index is 0.283. The maximum absolute atomic E-state index is 12.5. The van der Waals surface area contributed by atoms with Gasteiger partial charge in [0.2, 0.25) is 11.9 Å². The molecule has 0 saturated heterocycles. The second-order valence-electron chi connectivity index (χ2n) is 6.96. The van der Waals surface area contributed by atoms with Crippen molar-refractivity contribution in [2.75, 3.05) is 19.0 Å². The Kier molecular flexibility index (Phi) is 7.94. The Balaban J connectivity index is 1.64. The molecule has 32 heavy (non-hydrogen) atoms. The van der Waals surface area contributed by atoms with Gasteiger partial charge < -0.3 is 15.5 Å². The second-order valence-corrected chi connectivity index (χ2v) is 7.36. The number of anilines is 2. The van der Waals surface area contributed by atoms with Crippen LogP contribution in [0, 0.1) is 0 Å². The Morgan fingerprint density at radius 1 is 1.06 bits per heavy atom. The number of likely N-dealkylation sites (N-methyl/N-ethyl adjacent to an activating group) is 1. The fraction of sp³-hybridized carbons (Fsp3) is 0.167. The van der Waals surface area contributed by atoms with Gasteiger partial charge in [-0.25, -0.2) is 9.97 Å². The summed E-state index contributed by atoms with van der Waals surface area (Å²) in [5.74, 6) is -0.0681. The third-order valence-corrected chi connectivity index (χ3v) is 5.13. The van der Waals surface area contributed by atoms with E-state index < -0.39 is 11.9 Å². The molecule has 164 valence electrons. The van der Waals surface area contributed by atoms with E-state index in [1.807, 2.05) is 48.4 Å². The maximum atomic E-state index is 12.5. The smallest absolute Gasteiger partial charge is 0.253 e. The van der Waals surface area contributed by atoms with E-state index in [2.05, 4.69) is 20.6 Å². The van der Waals surface area contributed by atoms with Crippen LogP contribution in [0.15, 0.2) is 73.1 Å². The topological polar surface area (TPSA) is 87.2 Å². The molecular formula is C24H24ClN5O2. The van der Waals surface area contributed by atoms with Gasteiger partial charge >= 0.3 is 0 Å². The molecule has 2 aromatic carbocycles. The first-order chi connectivity index (χ1) is 15.5. The number of hydrogen-bond donors (Lipinski definition) is 2. The standard InChI is InChI=1S/C24H24ClN5O2/c1-26-23(32)21(29-22(31)19-8-3-4-9-20(19)25)10-5-7-17-11-13-18(14-12-17)30(2)24-27-15-6-16-28-24/h3-9,11-16,21H,10H2,1-2H3,(H,26,32)(H,29,31)/b7-5+/t21-/m0/s1. The third-order valence-electron chi connectivity index (χ3n) is 4.80. The Labute approximate surface area is 192 Å². The molecule has 0 aliphatic heterocycles. The molecule has 0 radical (unpaired) electrons. The Morgan fingerprint density at radius 2 is 1.75 bits per heavy atom. The number of halogens is 1.